The Hall–Kier alpha value is -4.00. The molecule has 144 valence electrons. The Morgan fingerprint density at radius 2 is 1.72 bits per heavy atom. The van der Waals surface area contributed by atoms with E-state index in [9.17, 15) is 9.18 Å². The molecule has 0 spiro atoms. The van der Waals surface area contributed by atoms with Crippen LogP contribution in [0, 0.1) is 5.82 Å². The van der Waals surface area contributed by atoms with Crippen LogP contribution in [0.4, 0.5) is 21.7 Å². The molecular formula is C22H18FN5O. The van der Waals surface area contributed by atoms with E-state index in [0.29, 0.717) is 17.9 Å². The second-order valence-electron chi connectivity index (χ2n) is 6.32. The number of anilines is 3. The third kappa shape index (κ3) is 4.30. The van der Waals surface area contributed by atoms with Gasteiger partial charge in [-0.2, -0.15) is 5.10 Å². The van der Waals surface area contributed by atoms with Crippen molar-refractivity contribution in [3.05, 3.63) is 102 Å². The predicted octanol–water partition coefficient (Wildman–Crippen LogP) is 4.46. The molecule has 0 radical (unpaired) electrons. The van der Waals surface area contributed by atoms with Crippen molar-refractivity contribution in [3.63, 3.8) is 0 Å². The van der Waals surface area contributed by atoms with Gasteiger partial charge in [0.2, 0.25) is 0 Å². The van der Waals surface area contributed by atoms with Gasteiger partial charge in [0.1, 0.15) is 17.5 Å². The van der Waals surface area contributed by atoms with Gasteiger partial charge in [-0.25, -0.2) is 14.1 Å². The molecule has 0 unspecified atom stereocenters. The highest BCUT2D eigenvalue weighted by Gasteiger charge is 2.15. The molecule has 4 rings (SSSR count). The maximum Gasteiger partial charge on any atom is 0.260 e. The molecule has 29 heavy (non-hydrogen) atoms. The summed E-state index contributed by atoms with van der Waals surface area (Å²) < 4.78 is 15.7. The van der Waals surface area contributed by atoms with Crippen LogP contribution in [0.5, 0.6) is 0 Å². The summed E-state index contributed by atoms with van der Waals surface area (Å²) in [6.45, 7) is 0.525. The first-order valence-electron chi connectivity index (χ1n) is 9.04. The molecule has 4 aromatic rings. The summed E-state index contributed by atoms with van der Waals surface area (Å²) in [5.74, 6) is 0.0287. The van der Waals surface area contributed by atoms with Crippen molar-refractivity contribution in [2.24, 2.45) is 0 Å². The fraction of sp³-hybridized carbons (Fsp3) is 0.0455. The average molecular weight is 387 g/mol. The van der Waals surface area contributed by atoms with Crippen molar-refractivity contribution in [1.29, 1.82) is 0 Å². The molecule has 7 heteroatoms. The Labute approximate surface area is 167 Å². The van der Waals surface area contributed by atoms with Gasteiger partial charge in [-0.3, -0.25) is 4.79 Å². The highest BCUT2D eigenvalue weighted by Crippen LogP contribution is 2.22. The SMILES string of the molecule is O=C(Nc1ccnn1Cc1ccccc1)c1cccnc1Nc1ccccc1F. The minimum Gasteiger partial charge on any atom is -0.337 e. The Bertz CT molecular complexity index is 1130. The number of carbonyl (C=O) groups is 1. The van der Waals surface area contributed by atoms with E-state index in [0.717, 1.165) is 5.56 Å². The Morgan fingerprint density at radius 3 is 2.55 bits per heavy atom. The second-order valence-corrected chi connectivity index (χ2v) is 6.32. The van der Waals surface area contributed by atoms with Crippen molar-refractivity contribution in [2.75, 3.05) is 10.6 Å². The molecule has 2 aromatic carbocycles. The zero-order valence-corrected chi connectivity index (χ0v) is 15.4. The standard InChI is InChI=1S/C22H18FN5O/c23-18-10-4-5-11-19(18)26-21-17(9-6-13-24-21)22(29)27-20-12-14-25-28(20)15-16-7-2-1-3-8-16/h1-14H,15H2,(H,24,26)(H,27,29). The number of carbonyl (C=O) groups excluding carboxylic acids is 1. The van der Waals surface area contributed by atoms with Gasteiger partial charge in [0.25, 0.3) is 5.91 Å². The maximum atomic E-state index is 14.0. The van der Waals surface area contributed by atoms with Crippen LogP contribution in [-0.2, 0) is 6.54 Å². The smallest absolute Gasteiger partial charge is 0.260 e. The van der Waals surface area contributed by atoms with E-state index in [1.165, 1.54) is 6.07 Å². The number of amides is 1. The molecule has 1 amide bonds. The number of halogens is 1. The zero-order valence-electron chi connectivity index (χ0n) is 15.4. The van der Waals surface area contributed by atoms with Crippen LogP contribution in [0.3, 0.4) is 0 Å². The largest absolute Gasteiger partial charge is 0.337 e. The fourth-order valence-electron chi connectivity index (χ4n) is 2.88. The van der Waals surface area contributed by atoms with Gasteiger partial charge in [0, 0.05) is 12.3 Å². The lowest BCUT2D eigenvalue weighted by Gasteiger charge is -2.13. The summed E-state index contributed by atoms with van der Waals surface area (Å²) >= 11 is 0. The number of pyridine rings is 1. The number of benzene rings is 2. The van der Waals surface area contributed by atoms with Crippen LogP contribution in [0.15, 0.2) is 85.2 Å². The summed E-state index contributed by atoms with van der Waals surface area (Å²) in [5, 5.41) is 10.0. The van der Waals surface area contributed by atoms with Crippen molar-refractivity contribution in [1.82, 2.24) is 14.8 Å². The number of para-hydroxylation sites is 1. The first-order chi connectivity index (χ1) is 14.2. The maximum absolute atomic E-state index is 14.0. The molecule has 0 aliphatic heterocycles. The molecule has 0 fully saturated rings. The minimum absolute atomic E-state index is 0.245. The van der Waals surface area contributed by atoms with Crippen LogP contribution in [-0.4, -0.2) is 20.7 Å². The number of aromatic nitrogens is 3. The van der Waals surface area contributed by atoms with Crippen molar-refractivity contribution in [3.8, 4) is 0 Å². The number of hydrogen-bond acceptors (Lipinski definition) is 4. The van der Waals surface area contributed by atoms with E-state index >= 15 is 0 Å². The first kappa shape index (κ1) is 18.4. The van der Waals surface area contributed by atoms with Crippen LogP contribution < -0.4 is 10.6 Å². The molecule has 2 heterocycles. The van der Waals surface area contributed by atoms with Gasteiger partial charge in [-0.15, -0.1) is 0 Å². The highest BCUT2D eigenvalue weighted by molar-refractivity contribution is 6.07. The van der Waals surface area contributed by atoms with E-state index in [1.807, 2.05) is 30.3 Å². The molecule has 0 saturated carbocycles. The van der Waals surface area contributed by atoms with Crippen LogP contribution in [0.2, 0.25) is 0 Å². The molecule has 0 aliphatic rings. The Morgan fingerprint density at radius 1 is 0.931 bits per heavy atom. The number of rotatable bonds is 6. The highest BCUT2D eigenvalue weighted by atomic mass is 19.1. The van der Waals surface area contributed by atoms with Crippen molar-refractivity contribution >= 4 is 23.2 Å². The topological polar surface area (TPSA) is 71.8 Å². The van der Waals surface area contributed by atoms with Gasteiger partial charge < -0.3 is 10.6 Å². The van der Waals surface area contributed by atoms with Gasteiger partial charge in [0.15, 0.2) is 0 Å². The number of hydrogen-bond donors (Lipinski definition) is 2. The Kier molecular flexibility index (Phi) is 5.29. The van der Waals surface area contributed by atoms with Crippen molar-refractivity contribution < 1.29 is 9.18 Å². The van der Waals surface area contributed by atoms with E-state index in [4.69, 9.17) is 0 Å². The fourth-order valence-corrected chi connectivity index (χ4v) is 2.88. The lowest BCUT2D eigenvalue weighted by Crippen LogP contribution is -2.18. The normalized spacial score (nSPS) is 10.5. The van der Waals surface area contributed by atoms with Gasteiger partial charge in [-0.1, -0.05) is 42.5 Å². The minimum atomic E-state index is -0.426. The molecule has 0 aliphatic carbocycles. The molecular weight excluding hydrogens is 369 g/mol. The summed E-state index contributed by atoms with van der Waals surface area (Å²) in [5.41, 5.74) is 1.60. The predicted molar refractivity (Wildman–Crippen MR) is 110 cm³/mol. The van der Waals surface area contributed by atoms with E-state index in [-0.39, 0.29) is 17.4 Å². The van der Waals surface area contributed by atoms with Gasteiger partial charge >= 0.3 is 0 Å². The summed E-state index contributed by atoms with van der Waals surface area (Å²) in [6.07, 6.45) is 3.17. The third-order valence-corrected chi connectivity index (χ3v) is 4.31. The van der Waals surface area contributed by atoms with E-state index in [2.05, 4.69) is 20.7 Å². The molecule has 2 N–H and O–H groups in total. The zero-order chi connectivity index (χ0) is 20.1. The Balaban J connectivity index is 1.55. The van der Waals surface area contributed by atoms with E-state index in [1.54, 1.807) is 53.5 Å². The summed E-state index contributed by atoms with van der Waals surface area (Å²) in [4.78, 5) is 17.1. The second kappa shape index (κ2) is 8.35. The van der Waals surface area contributed by atoms with Gasteiger partial charge in [0.05, 0.1) is 24.0 Å². The monoisotopic (exact) mass is 387 g/mol. The lowest BCUT2D eigenvalue weighted by molar-refractivity contribution is 0.102. The molecule has 2 aromatic heterocycles. The van der Waals surface area contributed by atoms with Crippen LogP contribution in [0.1, 0.15) is 15.9 Å². The molecule has 0 bridgehead atoms. The van der Waals surface area contributed by atoms with E-state index < -0.39 is 5.82 Å². The van der Waals surface area contributed by atoms with Gasteiger partial charge in [-0.05, 0) is 29.8 Å². The number of nitrogens with zero attached hydrogens (tertiary/aromatic N) is 3. The molecule has 0 saturated heterocycles. The molecule has 6 nitrogen and oxygen atoms in total. The average Bonchev–Trinajstić information content (AvgIpc) is 3.17. The quantitative estimate of drug-likeness (QED) is 0.512. The molecule has 0 atom stereocenters. The third-order valence-electron chi connectivity index (χ3n) is 4.31. The summed E-state index contributed by atoms with van der Waals surface area (Å²) in [7, 11) is 0. The lowest BCUT2D eigenvalue weighted by atomic mass is 10.2. The van der Waals surface area contributed by atoms with Crippen LogP contribution in [0.25, 0.3) is 0 Å². The number of nitrogens with one attached hydrogen (secondary N) is 2. The first-order valence-corrected chi connectivity index (χ1v) is 9.04. The van der Waals surface area contributed by atoms with Crippen LogP contribution >= 0.6 is 0 Å². The summed E-state index contributed by atoms with van der Waals surface area (Å²) in [6, 6.07) is 21.1. The van der Waals surface area contributed by atoms with Crippen molar-refractivity contribution in [2.45, 2.75) is 6.54 Å².